The average Bonchev–Trinajstić information content (AvgIpc) is 2.61. The minimum absolute atomic E-state index is 0.480. The van der Waals surface area contributed by atoms with Gasteiger partial charge in [0.15, 0.2) is 0 Å². The lowest BCUT2D eigenvalue weighted by atomic mass is 9.80. The van der Waals surface area contributed by atoms with E-state index in [1.165, 1.54) is 32.5 Å². The van der Waals surface area contributed by atoms with E-state index in [2.05, 4.69) is 32.6 Å². The van der Waals surface area contributed by atoms with E-state index in [0.717, 1.165) is 12.5 Å². The van der Waals surface area contributed by atoms with Gasteiger partial charge in [0.05, 0.1) is 0 Å². The van der Waals surface area contributed by atoms with Gasteiger partial charge < -0.3 is 10.6 Å². The smallest absolute Gasteiger partial charge is 0.00151 e. The summed E-state index contributed by atoms with van der Waals surface area (Å²) in [5.41, 5.74) is 6.12. The monoisotopic (exact) mass is 212 g/mol. The topological polar surface area (TPSA) is 29.3 Å². The van der Waals surface area contributed by atoms with E-state index in [9.17, 15) is 0 Å². The van der Waals surface area contributed by atoms with Crippen molar-refractivity contribution in [1.82, 2.24) is 4.90 Å². The van der Waals surface area contributed by atoms with Crippen LogP contribution in [0.2, 0.25) is 0 Å². The van der Waals surface area contributed by atoms with Crippen molar-refractivity contribution in [3.05, 3.63) is 0 Å². The third-order valence-electron chi connectivity index (χ3n) is 3.84. The summed E-state index contributed by atoms with van der Waals surface area (Å²) in [5.74, 6) is 1.56. The van der Waals surface area contributed by atoms with Gasteiger partial charge in [-0.15, -0.1) is 0 Å². The highest BCUT2D eigenvalue weighted by Gasteiger charge is 2.31. The third kappa shape index (κ3) is 4.12. The Hall–Kier alpha value is -0.0800. The maximum Gasteiger partial charge on any atom is 0.00151 e. The van der Waals surface area contributed by atoms with E-state index in [1.807, 2.05) is 0 Å². The molecule has 0 amide bonds. The molecule has 0 aromatic rings. The van der Waals surface area contributed by atoms with Gasteiger partial charge in [0, 0.05) is 6.54 Å². The normalized spacial score (nSPS) is 25.8. The fourth-order valence-electron chi connectivity index (χ4n) is 2.26. The Balaban J connectivity index is 2.25. The summed E-state index contributed by atoms with van der Waals surface area (Å²) in [6.07, 6.45) is 2.63. The first-order chi connectivity index (χ1) is 6.93. The summed E-state index contributed by atoms with van der Waals surface area (Å²) in [5, 5.41) is 0. The molecule has 2 N–H and O–H groups in total. The molecule has 1 heterocycles. The highest BCUT2D eigenvalue weighted by atomic mass is 15.1. The lowest BCUT2D eigenvalue weighted by molar-refractivity contribution is 0.224. The number of likely N-dealkylation sites (tertiary alicyclic amines) is 1. The zero-order chi connectivity index (χ0) is 11.5. The Labute approximate surface area is 95.2 Å². The second-order valence-electron chi connectivity index (χ2n) is 6.28. The third-order valence-corrected chi connectivity index (χ3v) is 3.84. The van der Waals surface area contributed by atoms with Gasteiger partial charge in [-0.2, -0.15) is 0 Å². The van der Waals surface area contributed by atoms with E-state index in [-0.39, 0.29) is 0 Å². The molecule has 0 aliphatic carbocycles. The number of hydrogen-bond acceptors (Lipinski definition) is 2. The molecule has 2 atom stereocenters. The summed E-state index contributed by atoms with van der Waals surface area (Å²) in [6, 6.07) is 0. The standard InChI is InChI=1S/C13H28N2/c1-11(9-14)5-7-15-8-6-12(10-15)13(2,3)4/h11-12H,5-10,14H2,1-4H3. The van der Waals surface area contributed by atoms with Gasteiger partial charge in [0.2, 0.25) is 0 Å². The molecule has 1 fully saturated rings. The SMILES string of the molecule is CC(CN)CCN1CCC(C(C)(C)C)C1. The molecule has 90 valence electrons. The zero-order valence-electron chi connectivity index (χ0n) is 10.9. The van der Waals surface area contributed by atoms with Crippen molar-refractivity contribution in [2.75, 3.05) is 26.2 Å². The number of nitrogens with two attached hydrogens (primary N) is 1. The van der Waals surface area contributed by atoms with Crippen molar-refractivity contribution in [2.24, 2.45) is 23.0 Å². The van der Waals surface area contributed by atoms with Gasteiger partial charge in [-0.05, 0) is 49.7 Å². The van der Waals surface area contributed by atoms with E-state index < -0.39 is 0 Å². The molecular formula is C13H28N2. The van der Waals surface area contributed by atoms with Crippen molar-refractivity contribution in [3.8, 4) is 0 Å². The Kier molecular flexibility index (Phi) is 4.60. The second kappa shape index (κ2) is 5.31. The van der Waals surface area contributed by atoms with Crippen molar-refractivity contribution < 1.29 is 0 Å². The van der Waals surface area contributed by atoms with Gasteiger partial charge in [0.1, 0.15) is 0 Å². The maximum atomic E-state index is 5.63. The van der Waals surface area contributed by atoms with Crippen LogP contribution in [-0.2, 0) is 0 Å². The highest BCUT2D eigenvalue weighted by molar-refractivity contribution is 4.83. The molecule has 2 nitrogen and oxygen atoms in total. The van der Waals surface area contributed by atoms with Crippen molar-refractivity contribution in [2.45, 2.75) is 40.5 Å². The molecule has 2 heteroatoms. The van der Waals surface area contributed by atoms with Crippen LogP contribution in [0.3, 0.4) is 0 Å². The van der Waals surface area contributed by atoms with Gasteiger partial charge in [0.25, 0.3) is 0 Å². The van der Waals surface area contributed by atoms with Crippen LogP contribution in [0.4, 0.5) is 0 Å². The van der Waals surface area contributed by atoms with Gasteiger partial charge >= 0.3 is 0 Å². The largest absolute Gasteiger partial charge is 0.330 e. The Morgan fingerprint density at radius 1 is 1.40 bits per heavy atom. The maximum absolute atomic E-state index is 5.63. The minimum atomic E-state index is 0.480. The lowest BCUT2D eigenvalue weighted by Gasteiger charge is -2.27. The molecule has 0 saturated carbocycles. The molecule has 1 saturated heterocycles. The van der Waals surface area contributed by atoms with Crippen LogP contribution in [0, 0.1) is 17.3 Å². The fourth-order valence-corrected chi connectivity index (χ4v) is 2.26. The molecule has 0 spiro atoms. The molecule has 0 radical (unpaired) electrons. The number of hydrogen-bond donors (Lipinski definition) is 1. The highest BCUT2D eigenvalue weighted by Crippen LogP contribution is 2.33. The average molecular weight is 212 g/mol. The Bertz CT molecular complexity index is 183. The molecule has 0 bridgehead atoms. The zero-order valence-corrected chi connectivity index (χ0v) is 10.9. The summed E-state index contributed by atoms with van der Waals surface area (Å²) in [7, 11) is 0. The van der Waals surface area contributed by atoms with Crippen molar-refractivity contribution in [3.63, 3.8) is 0 Å². The van der Waals surface area contributed by atoms with Crippen LogP contribution in [0.5, 0.6) is 0 Å². The first kappa shape index (κ1) is 13.0. The van der Waals surface area contributed by atoms with E-state index in [4.69, 9.17) is 5.73 Å². The molecule has 2 unspecified atom stereocenters. The molecule has 1 aliphatic heterocycles. The first-order valence-electron chi connectivity index (χ1n) is 6.36. The molecule has 1 aliphatic rings. The second-order valence-corrected chi connectivity index (χ2v) is 6.28. The molecular weight excluding hydrogens is 184 g/mol. The lowest BCUT2D eigenvalue weighted by Crippen LogP contribution is -2.28. The van der Waals surface area contributed by atoms with Gasteiger partial charge in [-0.3, -0.25) is 0 Å². The number of nitrogens with zero attached hydrogens (tertiary/aromatic N) is 1. The Morgan fingerprint density at radius 2 is 2.07 bits per heavy atom. The van der Waals surface area contributed by atoms with Crippen LogP contribution < -0.4 is 5.73 Å². The van der Waals surface area contributed by atoms with E-state index >= 15 is 0 Å². The molecule has 1 rings (SSSR count). The van der Waals surface area contributed by atoms with Gasteiger partial charge in [-0.25, -0.2) is 0 Å². The van der Waals surface area contributed by atoms with Crippen molar-refractivity contribution in [1.29, 1.82) is 0 Å². The van der Waals surface area contributed by atoms with Crippen molar-refractivity contribution >= 4 is 0 Å². The molecule has 15 heavy (non-hydrogen) atoms. The van der Waals surface area contributed by atoms with Crippen LogP contribution in [-0.4, -0.2) is 31.1 Å². The summed E-state index contributed by atoms with van der Waals surface area (Å²) >= 11 is 0. The minimum Gasteiger partial charge on any atom is -0.330 e. The quantitative estimate of drug-likeness (QED) is 0.775. The van der Waals surface area contributed by atoms with Crippen LogP contribution >= 0.6 is 0 Å². The van der Waals surface area contributed by atoms with Crippen LogP contribution in [0.1, 0.15) is 40.5 Å². The Morgan fingerprint density at radius 3 is 2.53 bits per heavy atom. The summed E-state index contributed by atoms with van der Waals surface area (Å²) in [6.45, 7) is 14.0. The van der Waals surface area contributed by atoms with Crippen LogP contribution in [0.25, 0.3) is 0 Å². The van der Waals surface area contributed by atoms with E-state index in [0.29, 0.717) is 11.3 Å². The summed E-state index contributed by atoms with van der Waals surface area (Å²) < 4.78 is 0. The molecule has 0 aromatic heterocycles. The van der Waals surface area contributed by atoms with E-state index in [1.54, 1.807) is 0 Å². The molecule has 0 aromatic carbocycles. The van der Waals surface area contributed by atoms with Crippen LogP contribution in [0.15, 0.2) is 0 Å². The number of rotatable bonds is 4. The fraction of sp³-hybridized carbons (Fsp3) is 1.00. The predicted molar refractivity (Wildman–Crippen MR) is 66.8 cm³/mol. The summed E-state index contributed by atoms with van der Waals surface area (Å²) in [4.78, 5) is 2.61. The predicted octanol–water partition coefficient (Wildman–Crippen LogP) is 2.34. The first-order valence-corrected chi connectivity index (χ1v) is 6.36. The van der Waals surface area contributed by atoms with Gasteiger partial charge in [-0.1, -0.05) is 27.7 Å².